The van der Waals surface area contributed by atoms with Crippen molar-refractivity contribution in [2.75, 3.05) is 26.3 Å². The molecule has 18 heteroatoms. The van der Waals surface area contributed by atoms with Gasteiger partial charge in [-0.3, -0.25) is 4.79 Å². The largest absolute Gasteiger partial charge is 0.395 e. The van der Waals surface area contributed by atoms with Crippen molar-refractivity contribution in [3.8, 4) is 0 Å². The molecule has 18 nitrogen and oxygen atoms in total. The van der Waals surface area contributed by atoms with E-state index in [-0.39, 0.29) is 51.4 Å². The lowest BCUT2D eigenvalue weighted by Gasteiger charge is -2.49. The molecule has 4 rings (SSSR count). The van der Waals surface area contributed by atoms with E-state index in [9.17, 15) is 45.6 Å². The average Bonchev–Trinajstić information content (AvgIpc) is 2.97. The SMILES string of the molecule is NC1CC(O)(C(=O)C[C@@H]2C[C@H](N)C(O[C@H]3O[C@H](CNCCO)[C@@H](O)[C@H](O)[C@H]3O)[C@H](O)[C@H]2O[C@H]2O[C@H](CO)[C@@H](O)[C@H](N)[C@H]2O)C1. The number of ether oxygens (including phenoxy) is 4. The molecule has 0 spiro atoms. The van der Waals surface area contributed by atoms with Gasteiger partial charge in [0.05, 0.1) is 25.4 Å². The Morgan fingerprint density at radius 2 is 1.43 bits per heavy atom. The van der Waals surface area contributed by atoms with Crippen LogP contribution in [0.5, 0.6) is 0 Å². The fourth-order valence-corrected chi connectivity index (χ4v) is 6.43. The van der Waals surface area contributed by atoms with E-state index in [0.29, 0.717) is 0 Å². The third-order valence-corrected chi connectivity index (χ3v) is 9.12. The smallest absolute Gasteiger partial charge is 0.187 e. The summed E-state index contributed by atoms with van der Waals surface area (Å²) in [6.45, 7) is -0.729. The number of Topliss-reactive ketones (excluding diaryl/α,β-unsaturated/α-hetero) is 1. The number of carbonyl (C=O) groups excluding carboxylic acids is 1. The highest BCUT2D eigenvalue weighted by atomic mass is 16.7. The summed E-state index contributed by atoms with van der Waals surface area (Å²) < 4.78 is 23.1. The van der Waals surface area contributed by atoms with Crippen LogP contribution in [0.4, 0.5) is 0 Å². The predicted molar refractivity (Wildman–Crippen MR) is 146 cm³/mol. The highest BCUT2D eigenvalue weighted by Crippen LogP contribution is 2.39. The van der Waals surface area contributed by atoms with Gasteiger partial charge >= 0.3 is 0 Å². The molecule has 4 fully saturated rings. The van der Waals surface area contributed by atoms with Crippen molar-refractivity contribution in [3.05, 3.63) is 0 Å². The minimum atomic E-state index is -1.76. The van der Waals surface area contributed by atoms with Gasteiger partial charge < -0.3 is 87.4 Å². The van der Waals surface area contributed by atoms with E-state index in [2.05, 4.69) is 5.32 Å². The molecule has 0 aromatic rings. The predicted octanol–water partition coefficient (Wildman–Crippen LogP) is -7.57. The van der Waals surface area contributed by atoms with E-state index >= 15 is 0 Å². The molecule has 44 heavy (non-hydrogen) atoms. The van der Waals surface area contributed by atoms with Crippen LogP contribution < -0.4 is 22.5 Å². The Bertz CT molecular complexity index is 946. The lowest BCUT2D eigenvalue weighted by Crippen LogP contribution is -2.67. The van der Waals surface area contributed by atoms with Gasteiger partial charge in [0.25, 0.3) is 0 Å². The van der Waals surface area contributed by atoms with Gasteiger partial charge in [0.15, 0.2) is 18.4 Å². The van der Waals surface area contributed by atoms with Crippen LogP contribution in [0.3, 0.4) is 0 Å². The van der Waals surface area contributed by atoms with Gasteiger partial charge in [-0.1, -0.05) is 0 Å². The molecule has 16 N–H and O–H groups in total. The van der Waals surface area contributed by atoms with Crippen molar-refractivity contribution >= 4 is 5.78 Å². The molecule has 0 radical (unpaired) electrons. The summed E-state index contributed by atoms with van der Waals surface area (Å²) in [7, 11) is 0. The molecular weight excluding hydrogens is 592 g/mol. The number of aliphatic hydroxyl groups excluding tert-OH is 8. The van der Waals surface area contributed by atoms with Crippen molar-refractivity contribution < 1.29 is 69.7 Å². The highest BCUT2D eigenvalue weighted by molar-refractivity contribution is 5.88. The normalized spacial score (nSPS) is 49.8. The summed E-state index contributed by atoms with van der Waals surface area (Å²) in [4.78, 5) is 13.1. The van der Waals surface area contributed by atoms with Crippen LogP contribution in [-0.4, -0.2) is 175 Å². The standard InChI is InChI=1S/C26H48N4O14/c27-10-5-26(40,6-10)14(33)4-9-3-11(28)23(44-25-20(38)19(37)17(35)12(41-25)7-30-1-2-31)21(39)22(9)43-24-18(36)15(29)16(34)13(8-32)42-24/h9-13,15-25,30-32,34-40H,1-8,27-29H2/t9-,10?,11-,12+,13+,15-,16+,17+,18+,19-,20+,21+,22-,23?,24+,25+,26?/m0/s1. The van der Waals surface area contributed by atoms with Crippen molar-refractivity contribution in [1.82, 2.24) is 5.32 Å². The third-order valence-electron chi connectivity index (χ3n) is 9.12. The summed E-state index contributed by atoms with van der Waals surface area (Å²) >= 11 is 0. The van der Waals surface area contributed by atoms with Crippen molar-refractivity contribution in [1.29, 1.82) is 0 Å². The van der Waals surface area contributed by atoms with Crippen LogP contribution in [0.2, 0.25) is 0 Å². The summed E-state index contributed by atoms with van der Waals surface area (Å²) in [6, 6.07) is -2.65. The molecule has 2 saturated heterocycles. The quantitative estimate of drug-likeness (QED) is 0.0881. The summed E-state index contributed by atoms with van der Waals surface area (Å²) in [5.41, 5.74) is 16.4. The zero-order valence-electron chi connectivity index (χ0n) is 24.2. The van der Waals surface area contributed by atoms with Gasteiger partial charge in [0, 0.05) is 31.6 Å². The van der Waals surface area contributed by atoms with E-state index in [1.165, 1.54) is 0 Å². The number of carbonyl (C=O) groups is 1. The Kier molecular flexibility index (Phi) is 12.1. The second-order valence-corrected chi connectivity index (χ2v) is 12.4. The highest BCUT2D eigenvalue weighted by Gasteiger charge is 2.54. The van der Waals surface area contributed by atoms with Gasteiger partial charge in [-0.25, -0.2) is 0 Å². The third kappa shape index (κ3) is 7.42. The van der Waals surface area contributed by atoms with Gasteiger partial charge in [0.1, 0.15) is 60.5 Å². The maximum Gasteiger partial charge on any atom is 0.187 e. The van der Waals surface area contributed by atoms with Crippen LogP contribution in [-0.2, 0) is 23.7 Å². The number of nitrogens with one attached hydrogen (secondary N) is 1. The van der Waals surface area contributed by atoms with Crippen LogP contribution in [0.1, 0.15) is 25.7 Å². The van der Waals surface area contributed by atoms with Gasteiger partial charge in [-0.2, -0.15) is 0 Å². The molecule has 15 atom stereocenters. The van der Waals surface area contributed by atoms with Crippen molar-refractivity contribution in [2.24, 2.45) is 23.1 Å². The molecule has 2 aliphatic heterocycles. The Hall–Kier alpha value is -1.01. The van der Waals surface area contributed by atoms with E-state index in [4.69, 9.17) is 41.3 Å². The van der Waals surface area contributed by atoms with Gasteiger partial charge in [0.2, 0.25) is 0 Å². The molecule has 2 aliphatic carbocycles. The molecule has 1 unspecified atom stereocenters. The zero-order valence-corrected chi connectivity index (χ0v) is 24.2. The Morgan fingerprint density at radius 1 is 0.818 bits per heavy atom. The number of nitrogens with two attached hydrogens (primary N) is 3. The van der Waals surface area contributed by atoms with Crippen LogP contribution in [0.25, 0.3) is 0 Å². The van der Waals surface area contributed by atoms with Crippen LogP contribution >= 0.6 is 0 Å². The Morgan fingerprint density at radius 3 is 2.05 bits per heavy atom. The van der Waals surface area contributed by atoms with Gasteiger partial charge in [-0.05, 0) is 25.2 Å². The number of hydrogen-bond donors (Lipinski definition) is 13. The fraction of sp³-hybridized carbons (Fsp3) is 0.962. The number of rotatable bonds is 12. The zero-order chi connectivity index (χ0) is 32.5. The average molecular weight is 641 g/mol. The van der Waals surface area contributed by atoms with E-state index in [1.807, 2.05) is 0 Å². The second kappa shape index (κ2) is 14.8. The lowest BCUT2D eigenvalue weighted by atomic mass is 9.69. The fourth-order valence-electron chi connectivity index (χ4n) is 6.43. The van der Waals surface area contributed by atoms with E-state index in [0.717, 1.165) is 0 Å². The molecule has 4 aliphatic rings. The summed E-state index contributed by atoms with van der Waals surface area (Å²) in [5, 5.41) is 96.1. The van der Waals surface area contributed by atoms with Crippen molar-refractivity contribution in [3.63, 3.8) is 0 Å². The molecule has 0 amide bonds. The van der Waals surface area contributed by atoms with E-state index in [1.54, 1.807) is 0 Å². The maximum absolute atomic E-state index is 13.1. The number of ketones is 1. The first kappa shape index (κ1) is 35.8. The first-order chi connectivity index (χ1) is 20.7. The minimum Gasteiger partial charge on any atom is -0.395 e. The van der Waals surface area contributed by atoms with Crippen molar-refractivity contribution in [2.45, 2.75) is 123 Å². The monoisotopic (exact) mass is 640 g/mol. The molecule has 0 aromatic heterocycles. The number of aliphatic hydroxyl groups is 9. The molecular formula is C26H48N4O14. The van der Waals surface area contributed by atoms with Crippen LogP contribution in [0.15, 0.2) is 0 Å². The molecule has 2 saturated carbocycles. The van der Waals surface area contributed by atoms with E-state index < -0.39 is 110 Å². The van der Waals surface area contributed by atoms with Gasteiger partial charge in [-0.15, -0.1) is 0 Å². The molecule has 256 valence electrons. The number of hydrogen-bond acceptors (Lipinski definition) is 18. The van der Waals surface area contributed by atoms with Crippen LogP contribution in [0, 0.1) is 5.92 Å². The Labute approximate surface area is 253 Å². The second-order valence-electron chi connectivity index (χ2n) is 12.4. The Balaban J connectivity index is 1.54. The minimum absolute atomic E-state index is 0.0256. The molecule has 0 aromatic carbocycles. The maximum atomic E-state index is 13.1. The molecule has 2 heterocycles. The first-order valence-electron chi connectivity index (χ1n) is 14.9. The topological polar surface area (TPSA) is 326 Å². The summed E-state index contributed by atoms with van der Waals surface area (Å²) in [5.74, 6) is -1.41. The first-order valence-corrected chi connectivity index (χ1v) is 14.9. The molecule has 0 bridgehead atoms. The summed E-state index contributed by atoms with van der Waals surface area (Å²) in [6.07, 6.45) is -18.1. The lowest BCUT2D eigenvalue weighted by molar-refractivity contribution is -0.335.